The quantitative estimate of drug-likeness (QED) is 0.473. The van der Waals surface area contributed by atoms with Gasteiger partial charge in [-0.15, -0.1) is 0 Å². The van der Waals surface area contributed by atoms with E-state index in [1.807, 2.05) is 0 Å². The zero-order chi connectivity index (χ0) is 8.60. The molecule has 0 bridgehead atoms. The van der Waals surface area contributed by atoms with Crippen LogP contribution >= 0.6 is 0 Å². The molecule has 2 aliphatic rings. The fourth-order valence-corrected chi connectivity index (χ4v) is 2.16. The largest absolute Gasteiger partial charge is 0.366 e. The van der Waals surface area contributed by atoms with E-state index in [1.165, 1.54) is 18.9 Å². The van der Waals surface area contributed by atoms with Crippen molar-refractivity contribution in [2.75, 3.05) is 0 Å². The van der Waals surface area contributed by atoms with Crippen LogP contribution in [0, 0.1) is 0 Å². The normalized spacial score (nSPS) is 38.5. The Morgan fingerprint density at radius 2 is 2.50 bits per heavy atom. The van der Waals surface area contributed by atoms with Crippen molar-refractivity contribution < 1.29 is 9.53 Å². The number of hydrogen-bond donors (Lipinski definition) is 0. The summed E-state index contributed by atoms with van der Waals surface area (Å²) in [5, 5.41) is 0. The van der Waals surface area contributed by atoms with Gasteiger partial charge in [-0.05, 0) is 18.9 Å². The van der Waals surface area contributed by atoms with E-state index in [0.717, 1.165) is 12.8 Å². The van der Waals surface area contributed by atoms with Crippen LogP contribution in [-0.4, -0.2) is 17.5 Å². The summed E-state index contributed by atoms with van der Waals surface area (Å²) in [5.41, 5.74) is -0.0521. The summed E-state index contributed by atoms with van der Waals surface area (Å²) >= 11 is 0. The molecule has 1 heterocycles. The molecule has 66 valence electrons. The third-order valence-corrected chi connectivity index (χ3v) is 2.92. The Hall–Kier alpha value is -0.630. The molecule has 1 aliphatic carbocycles. The summed E-state index contributed by atoms with van der Waals surface area (Å²) in [6.07, 6.45) is 7.02. The molecule has 2 nitrogen and oxygen atoms in total. The molecule has 2 unspecified atom stereocenters. The number of ketones is 1. The van der Waals surface area contributed by atoms with Crippen LogP contribution in [0.2, 0.25) is 0 Å². The summed E-state index contributed by atoms with van der Waals surface area (Å²) in [6.45, 7) is 3.47. The van der Waals surface area contributed by atoms with E-state index in [9.17, 15) is 4.79 Å². The molecule has 1 saturated carbocycles. The number of epoxide rings is 1. The van der Waals surface area contributed by atoms with Gasteiger partial charge in [0.15, 0.2) is 5.78 Å². The summed E-state index contributed by atoms with van der Waals surface area (Å²) in [4.78, 5) is 11.1. The minimum atomic E-state index is -0.0521. The first-order chi connectivity index (χ1) is 5.77. The lowest BCUT2D eigenvalue weighted by Gasteiger charge is -2.14. The molecule has 1 saturated heterocycles. The van der Waals surface area contributed by atoms with Gasteiger partial charge in [0.1, 0.15) is 5.60 Å². The lowest BCUT2D eigenvalue weighted by molar-refractivity contribution is -0.115. The molecule has 2 atom stereocenters. The van der Waals surface area contributed by atoms with Gasteiger partial charge in [-0.3, -0.25) is 4.79 Å². The van der Waals surface area contributed by atoms with Crippen molar-refractivity contribution in [1.29, 1.82) is 0 Å². The van der Waals surface area contributed by atoms with Crippen LogP contribution in [0.15, 0.2) is 12.7 Å². The Balaban J connectivity index is 1.95. The highest BCUT2D eigenvalue weighted by Gasteiger charge is 2.57. The zero-order valence-electron chi connectivity index (χ0n) is 7.21. The molecule has 0 aromatic heterocycles. The van der Waals surface area contributed by atoms with E-state index in [0.29, 0.717) is 12.5 Å². The Labute approximate surface area is 72.6 Å². The van der Waals surface area contributed by atoms with Crippen LogP contribution in [0.1, 0.15) is 32.1 Å². The maximum Gasteiger partial charge on any atom is 0.158 e. The lowest BCUT2D eigenvalue weighted by atomic mass is 9.85. The number of hydrogen-bond acceptors (Lipinski definition) is 2. The summed E-state index contributed by atoms with van der Waals surface area (Å²) in [7, 11) is 0. The minimum Gasteiger partial charge on any atom is -0.366 e. The van der Waals surface area contributed by atoms with E-state index in [4.69, 9.17) is 4.74 Å². The van der Waals surface area contributed by atoms with Gasteiger partial charge < -0.3 is 4.74 Å². The smallest absolute Gasteiger partial charge is 0.158 e. The van der Waals surface area contributed by atoms with Gasteiger partial charge in [-0.25, -0.2) is 0 Å². The molecule has 2 fully saturated rings. The van der Waals surface area contributed by atoms with E-state index in [-0.39, 0.29) is 11.4 Å². The number of ether oxygens (including phenoxy) is 1. The predicted molar refractivity (Wildman–Crippen MR) is 45.9 cm³/mol. The van der Waals surface area contributed by atoms with E-state index < -0.39 is 0 Å². The first-order valence-corrected chi connectivity index (χ1v) is 4.60. The molecule has 12 heavy (non-hydrogen) atoms. The third kappa shape index (κ3) is 1.20. The van der Waals surface area contributed by atoms with Crippen LogP contribution in [0.25, 0.3) is 0 Å². The van der Waals surface area contributed by atoms with Gasteiger partial charge in [-0.1, -0.05) is 19.4 Å². The highest BCUT2D eigenvalue weighted by molar-refractivity contribution is 5.90. The first kappa shape index (κ1) is 7.99. The number of rotatable bonds is 3. The van der Waals surface area contributed by atoms with Crippen LogP contribution in [0.4, 0.5) is 0 Å². The molecule has 2 rings (SSSR count). The Morgan fingerprint density at radius 1 is 1.67 bits per heavy atom. The second kappa shape index (κ2) is 2.70. The molecule has 0 N–H and O–H groups in total. The monoisotopic (exact) mass is 166 g/mol. The Bertz CT molecular complexity index is 222. The highest BCUT2D eigenvalue weighted by atomic mass is 16.6. The average Bonchev–Trinajstić information content (AvgIpc) is 2.78. The second-order valence-corrected chi connectivity index (χ2v) is 3.76. The average molecular weight is 166 g/mol. The maximum absolute atomic E-state index is 11.1. The van der Waals surface area contributed by atoms with Crippen LogP contribution in [0.3, 0.4) is 0 Å². The molecule has 0 amide bonds. The van der Waals surface area contributed by atoms with Gasteiger partial charge >= 0.3 is 0 Å². The SMILES string of the molecule is C=CC(=O)CC12CCCCC1O2. The van der Waals surface area contributed by atoms with Gasteiger partial charge in [0.05, 0.1) is 6.10 Å². The van der Waals surface area contributed by atoms with Crippen LogP contribution in [-0.2, 0) is 9.53 Å². The van der Waals surface area contributed by atoms with Crippen molar-refractivity contribution >= 4 is 5.78 Å². The van der Waals surface area contributed by atoms with E-state index in [1.54, 1.807) is 0 Å². The summed E-state index contributed by atoms with van der Waals surface area (Å²) in [6, 6.07) is 0. The molecule has 0 radical (unpaired) electrons. The van der Waals surface area contributed by atoms with Gasteiger partial charge in [0.2, 0.25) is 0 Å². The molecular formula is C10H14O2. The van der Waals surface area contributed by atoms with Crippen molar-refractivity contribution in [3.63, 3.8) is 0 Å². The van der Waals surface area contributed by atoms with Gasteiger partial charge in [0, 0.05) is 6.42 Å². The van der Waals surface area contributed by atoms with E-state index >= 15 is 0 Å². The minimum absolute atomic E-state index is 0.0521. The highest BCUT2D eigenvalue weighted by Crippen LogP contribution is 2.50. The molecule has 0 aromatic rings. The predicted octanol–water partition coefficient (Wildman–Crippen LogP) is 1.84. The number of allylic oxidation sites excluding steroid dienone is 1. The first-order valence-electron chi connectivity index (χ1n) is 4.60. The van der Waals surface area contributed by atoms with Crippen LogP contribution < -0.4 is 0 Å². The van der Waals surface area contributed by atoms with Crippen molar-refractivity contribution in [3.8, 4) is 0 Å². The molecule has 1 aliphatic heterocycles. The van der Waals surface area contributed by atoms with Gasteiger partial charge in [0.25, 0.3) is 0 Å². The Morgan fingerprint density at radius 3 is 3.17 bits per heavy atom. The standard InChI is InChI=1S/C10H14O2/c1-2-8(11)7-10-6-4-3-5-9(10)12-10/h2,9H,1,3-7H2. The fraction of sp³-hybridized carbons (Fsp3) is 0.700. The summed E-state index contributed by atoms with van der Waals surface area (Å²) in [5.74, 6) is 0.124. The van der Waals surface area contributed by atoms with Crippen molar-refractivity contribution in [2.24, 2.45) is 0 Å². The lowest BCUT2D eigenvalue weighted by Crippen LogP contribution is -2.22. The molecule has 0 aromatic carbocycles. The number of carbonyl (C=O) groups excluding carboxylic acids is 1. The third-order valence-electron chi connectivity index (χ3n) is 2.92. The van der Waals surface area contributed by atoms with Crippen molar-refractivity contribution in [1.82, 2.24) is 0 Å². The number of carbonyl (C=O) groups is 1. The molecule has 2 heteroatoms. The van der Waals surface area contributed by atoms with Crippen molar-refractivity contribution in [3.05, 3.63) is 12.7 Å². The van der Waals surface area contributed by atoms with E-state index in [2.05, 4.69) is 6.58 Å². The Kier molecular flexibility index (Phi) is 1.80. The van der Waals surface area contributed by atoms with Gasteiger partial charge in [-0.2, -0.15) is 0 Å². The topological polar surface area (TPSA) is 29.6 Å². The molecular weight excluding hydrogens is 152 g/mol. The zero-order valence-corrected chi connectivity index (χ0v) is 7.21. The van der Waals surface area contributed by atoms with Crippen molar-refractivity contribution in [2.45, 2.75) is 43.8 Å². The second-order valence-electron chi connectivity index (χ2n) is 3.76. The molecule has 0 spiro atoms. The van der Waals surface area contributed by atoms with Crippen LogP contribution in [0.5, 0.6) is 0 Å². The number of fused-ring (bicyclic) bond motifs is 1. The summed E-state index contributed by atoms with van der Waals surface area (Å²) < 4.78 is 5.57. The maximum atomic E-state index is 11.1. The fourth-order valence-electron chi connectivity index (χ4n) is 2.16.